The fourth-order valence-electron chi connectivity index (χ4n) is 3.02. The molecule has 0 bridgehead atoms. The highest BCUT2D eigenvalue weighted by molar-refractivity contribution is 5.78. The minimum Gasteiger partial charge on any atom is -0.493 e. The number of aryl methyl sites for hydroxylation is 2. The first kappa shape index (κ1) is 16.4. The van der Waals surface area contributed by atoms with Gasteiger partial charge in [0.2, 0.25) is 5.91 Å². The van der Waals surface area contributed by atoms with E-state index in [1.165, 1.54) is 18.5 Å². The number of carbonyl (C=O) groups excluding carboxylic acids is 1. The zero-order chi connectivity index (χ0) is 16.9. The molecule has 0 spiro atoms. The van der Waals surface area contributed by atoms with E-state index in [-0.39, 0.29) is 5.91 Å². The predicted octanol–water partition coefficient (Wildman–Crippen LogP) is 2.16. The molecule has 1 aliphatic rings. The van der Waals surface area contributed by atoms with Crippen molar-refractivity contribution in [1.82, 2.24) is 15.3 Å². The van der Waals surface area contributed by atoms with Crippen LogP contribution < -0.4 is 14.8 Å². The number of nitrogens with one attached hydrogen (secondary N) is 2. The van der Waals surface area contributed by atoms with Crippen LogP contribution in [0, 0.1) is 0 Å². The average Bonchev–Trinajstić information content (AvgIpc) is 3.03. The van der Waals surface area contributed by atoms with Gasteiger partial charge in [0.15, 0.2) is 11.5 Å². The van der Waals surface area contributed by atoms with E-state index in [2.05, 4.69) is 15.3 Å². The van der Waals surface area contributed by atoms with E-state index in [0.717, 1.165) is 29.9 Å². The highest BCUT2D eigenvalue weighted by Gasteiger charge is 2.15. The SMILES string of the molecule is COc1ccc(CC(=O)NCc2nc3c([nH]2)CCCC3)cc1OC. The van der Waals surface area contributed by atoms with Crippen LogP contribution in [-0.4, -0.2) is 30.1 Å². The van der Waals surface area contributed by atoms with E-state index in [4.69, 9.17) is 9.47 Å². The third kappa shape index (κ3) is 3.69. The first-order valence-corrected chi connectivity index (χ1v) is 8.24. The van der Waals surface area contributed by atoms with Gasteiger partial charge in [-0.25, -0.2) is 4.98 Å². The summed E-state index contributed by atoms with van der Waals surface area (Å²) in [7, 11) is 3.17. The highest BCUT2D eigenvalue weighted by atomic mass is 16.5. The highest BCUT2D eigenvalue weighted by Crippen LogP contribution is 2.27. The van der Waals surface area contributed by atoms with E-state index >= 15 is 0 Å². The Balaban J connectivity index is 1.56. The number of methoxy groups -OCH3 is 2. The van der Waals surface area contributed by atoms with Crippen LogP contribution in [0.4, 0.5) is 0 Å². The summed E-state index contributed by atoms with van der Waals surface area (Å²) in [6, 6.07) is 5.50. The smallest absolute Gasteiger partial charge is 0.224 e. The summed E-state index contributed by atoms with van der Waals surface area (Å²) >= 11 is 0. The maximum Gasteiger partial charge on any atom is 0.224 e. The number of hydrogen-bond donors (Lipinski definition) is 2. The Hall–Kier alpha value is -2.50. The maximum absolute atomic E-state index is 12.2. The van der Waals surface area contributed by atoms with E-state index in [9.17, 15) is 4.79 Å². The molecule has 6 nitrogen and oxygen atoms in total. The largest absolute Gasteiger partial charge is 0.493 e. The van der Waals surface area contributed by atoms with Crippen molar-refractivity contribution in [2.75, 3.05) is 14.2 Å². The van der Waals surface area contributed by atoms with Gasteiger partial charge in [-0.15, -0.1) is 0 Å². The Morgan fingerprint density at radius 2 is 2.00 bits per heavy atom. The summed E-state index contributed by atoms with van der Waals surface area (Å²) in [4.78, 5) is 20.1. The summed E-state index contributed by atoms with van der Waals surface area (Å²) < 4.78 is 10.5. The Labute approximate surface area is 141 Å². The number of H-pyrrole nitrogens is 1. The van der Waals surface area contributed by atoms with Crippen molar-refractivity contribution in [1.29, 1.82) is 0 Å². The zero-order valence-corrected chi connectivity index (χ0v) is 14.1. The molecule has 0 fully saturated rings. The number of ether oxygens (including phenoxy) is 2. The van der Waals surface area contributed by atoms with Crippen LogP contribution in [0.2, 0.25) is 0 Å². The minimum atomic E-state index is -0.0448. The van der Waals surface area contributed by atoms with E-state index < -0.39 is 0 Å². The summed E-state index contributed by atoms with van der Waals surface area (Å²) in [5.41, 5.74) is 3.26. The first-order valence-electron chi connectivity index (χ1n) is 8.24. The molecule has 24 heavy (non-hydrogen) atoms. The van der Waals surface area contributed by atoms with Gasteiger partial charge in [-0.05, 0) is 43.4 Å². The van der Waals surface area contributed by atoms with Gasteiger partial charge in [0, 0.05) is 5.69 Å². The lowest BCUT2D eigenvalue weighted by molar-refractivity contribution is -0.120. The molecule has 3 rings (SSSR count). The van der Waals surface area contributed by atoms with Crippen LogP contribution in [0.5, 0.6) is 11.5 Å². The molecule has 2 N–H and O–H groups in total. The predicted molar refractivity (Wildman–Crippen MR) is 90.3 cm³/mol. The Morgan fingerprint density at radius 1 is 1.21 bits per heavy atom. The molecule has 0 unspecified atom stereocenters. The van der Waals surface area contributed by atoms with Crippen LogP contribution in [0.25, 0.3) is 0 Å². The quantitative estimate of drug-likeness (QED) is 0.851. The molecule has 0 radical (unpaired) electrons. The van der Waals surface area contributed by atoms with E-state index in [0.29, 0.717) is 24.5 Å². The third-order valence-corrected chi connectivity index (χ3v) is 4.27. The standard InChI is InChI=1S/C18H23N3O3/c1-23-15-8-7-12(9-16(15)24-2)10-18(22)19-11-17-20-13-5-3-4-6-14(13)21-17/h7-9H,3-6,10-11H2,1-2H3,(H,19,22)(H,20,21). The number of fused-ring (bicyclic) bond motifs is 1. The average molecular weight is 329 g/mol. The fourth-order valence-corrected chi connectivity index (χ4v) is 3.02. The fraction of sp³-hybridized carbons (Fsp3) is 0.444. The van der Waals surface area contributed by atoms with Crippen molar-refractivity contribution in [3.05, 3.63) is 41.0 Å². The molecule has 6 heteroatoms. The van der Waals surface area contributed by atoms with Crippen molar-refractivity contribution in [3.63, 3.8) is 0 Å². The molecule has 0 atom stereocenters. The second-order valence-electron chi connectivity index (χ2n) is 5.96. The lowest BCUT2D eigenvalue weighted by Gasteiger charge is -2.09. The Bertz CT molecular complexity index is 701. The number of carbonyl (C=O) groups is 1. The van der Waals surface area contributed by atoms with Gasteiger partial charge < -0.3 is 19.8 Å². The first-order chi connectivity index (χ1) is 11.7. The number of nitrogens with zero attached hydrogens (tertiary/aromatic N) is 1. The van der Waals surface area contributed by atoms with Crippen molar-refractivity contribution in [2.45, 2.75) is 38.6 Å². The molecule has 1 amide bonds. The second kappa shape index (κ2) is 7.38. The van der Waals surface area contributed by atoms with Crippen molar-refractivity contribution >= 4 is 5.91 Å². The topological polar surface area (TPSA) is 76.2 Å². The van der Waals surface area contributed by atoms with Crippen molar-refractivity contribution in [3.8, 4) is 11.5 Å². The Morgan fingerprint density at radius 3 is 2.75 bits per heavy atom. The van der Waals surface area contributed by atoms with Gasteiger partial charge in [0.25, 0.3) is 0 Å². The van der Waals surface area contributed by atoms with Gasteiger partial charge in [-0.3, -0.25) is 4.79 Å². The molecule has 2 aromatic rings. The molecule has 1 aromatic carbocycles. The lowest BCUT2D eigenvalue weighted by atomic mass is 10.0. The molecule has 1 heterocycles. The minimum absolute atomic E-state index is 0.0448. The molecule has 128 valence electrons. The number of amides is 1. The summed E-state index contributed by atoms with van der Waals surface area (Å²) in [5.74, 6) is 2.07. The molecular weight excluding hydrogens is 306 g/mol. The molecule has 0 saturated heterocycles. The summed E-state index contributed by atoms with van der Waals surface area (Å²) in [5, 5.41) is 2.92. The van der Waals surface area contributed by atoms with E-state index in [1.807, 2.05) is 18.2 Å². The van der Waals surface area contributed by atoms with Crippen LogP contribution in [0.1, 0.15) is 35.6 Å². The van der Waals surface area contributed by atoms with Crippen molar-refractivity contribution in [2.24, 2.45) is 0 Å². The normalized spacial score (nSPS) is 13.2. The van der Waals surface area contributed by atoms with Gasteiger partial charge in [0.1, 0.15) is 5.82 Å². The molecule has 1 aliphatic carbocycles. The Kier molecular flexibility index (Phi) is 5.03. The van der Waals surface area contributed by atoms with Gasteiger partial charge in [-0.1, -0.05) is 6.07 Å². The molecular formula is C18H23N3O3. The number of rotatable bonds is 6. The molecule has 0 aliphatic heterocycles. The van der Waals surface area contributed by atoms with Crippen LogP contribution in [0.15, 0.2) is 18.2 Å². The summed E-state index contributed by atoms with van der Waals surface area (Å²) in [6.07, 6.45) is 4.79. The van der Waals surface area contributed by atoms with Gasteiger partial charge in [0.05, 0.1) is 32.9 Å². The van der Waals surface area contributed by atoms with E-state index in [1.54, 1.807) is 14.2 Å². The van der Waals surface area contributed by atoms with Gasteiger partial charge in [-0.2, -0.15) is 0 Å². The summed E-state index contributed by atoms with van der Waals surface area (Å²) in [6.45, 7) is 0.430. The monoisotopic (exact) mass is 329 g/mol. The third-order valence-electron chi connectivity index (χ3n) is 4.27. The maximum atomic E-state index is 12.2. The number of aromatic nitrogens is 2. The van der Waals surface area contributed by atoms with Crippen LogP contribution in [0.3, 0.4) is 0 Å². The molecule has 1 aromatic heterocycles. The number of benzene rings is 1. The number of aromatic amines is 1. The van der Waals surface area contributed by atoms with Crippen LogP contribution >= 0.6 is 0 Å². The second-order valence-corrected chi connectivity index (χ2v) is 5.96. The number of hydrogen-bond acceptors (Lipinski definition) is 4. The van der Waals surface area contributed by atoms with Gasteiger partial charge >= 0.3 is 0 Å². The van der Waals surface area contributed by atoms with Crippen LogP contribution in [-0.2, 0) is 30.6 Å². The molecule has 0 saturated carbocycles. The lowest BCUT2D eigenvalue weighted by Crippen LogP contribution is -2.25. The number of imidazole rings is 1. The zero-order valence-electron chi connectivity index (χ0n) is 14.1. The van der Waals surface area contributed by atoms with Crippen molar-refractivity contribution < 1.29 is 14.3 Å².